The molecular formula is C24H30N2O5S. The van der Waals surface area contributed by atoms with Crippen LogP contribution >= 0.6 is 0 Å². The lowest BCUT2D eigenvalue weighted by Gasteiger charge is -2.20. The van der Waals surface area contributed by atoms with E-state index in [4.69, 9.17) is 9.47 Å². The number of methoxy groups -OCH3 is 1. The molecule has 1 unspecified atom stereocenters. The minimum absolute atomic E-state index is 0.138. The maximum absolute atomic E-state index is 12.9. The maximum atomic E-state index is 12.9. The Balaban J connectivity index is 1.49. The van der Waals surface area contributed by atoms with E-state index in [1.165, 1.54) is 47.5 Å². The van der Waals surface area contributed by atoms with Crippen molar-refractivity contribution in [3.8, 4) is 11.5 Å². The maximum Gasteiger partial charge on any atom is 0.265 e. The number of sulfonamides is 1. The van der Waals surface area contributed by atoms with E-state index in [0.29, 0.717) is 30.3 Å². The number of nitrogens with zero attached hydrogens (tertiary/aromatic N) is 1. The van der Waals surface area contributed by atoms with E-state index in [-0.39, 0.29) is 10.8 Å². The molecule has 4 rings (SSSR count). The molecule has 1 aliphatic heterocycles. The molecule has 2 aliphatic rings. The highest BCUT2D eigenvalue weighted by molar-refractivity contribution is 7.89. The number of anilines is 1. The molecule has 1 N–H and O–H groups in total. The van der Waals surface area contributed by atoms with E-state index in [1.807, 2.05) is 12.1 Å². The second-order valence-corrected chi connectivity index (χ2v) is 10.3. The highest BCUT2D eigenvalue weighted by Crippen LogP contribution is 2.31. The van der Waals surface area contributed by atoms with Gasteiger partial charge in [0.25, 0.3) is 5.91 Å². The van der Waals surface area contributed by atoms with Gasteiger partial charge in [0, 0.05) is 13.1 Å². The van der Waals surface area contributed by atoms with E-state index >= 15 is 0 Å². The summed E-state index contributed by atoms with van der Waals surface area (Å²) in [6, 6.07) is 10.5. The van der Waals surface area contributed by atoms with Crippen LogP contribution in [0.4, 0.5) is 5.69 Å². The van der Waals surface area contributed by atoms with Gasteiger partial charge in [0.2, 0.25) is 10.0 Å². The number of hydrogen-bond acceptors (Lipinski definition) is 5. The van der Waals surface area contributed by atoms with Crippen LogP contribution in [0.15, 0.2) is 41.3 Å². The Hall–Kier alpha value is -2.58. The van der Waals surface area contributed by atoms with Gasteiger partial charge in [-0.1, -0.05) is 6.07 Å². The highest BCUT2D eigenvalue weighted by Gasteiger charge is 2.28. The third-order valence-corrected chi connectivity index (χ3v) is 8.03. The molecular weight excluding hydrogens is 428 g/mol. The number of ether oxygens (including phenoxy) is 2. The largest absolute Gasteiger partial charge is 0.495 e. The zero-order chi connectivity index (χ0) is 22.7. The smallest absolute Gasteiger partial charge is 0.265 e. The van der Waals surface area contributed by atoms with Crippen LogP contribution < -0.4 is 14.8 Å². The molecule has 0 radical (unpaired) electrons. The van der Waals surface area contributed by atoms with Crippen LogP contribution in [0.3, 0.4) is 0 Å². The van der Waals surface area contributed by atoms with Gasteiger partial charge >= 0.3 is 0 Å². The van der Waals surface area contributed by atoms with Crippen LogP contribution in [-0.2, 0) is 27.7 Å². The van der Waals surface area contributed by atoms with Crippen molar-refractivity contribution in [1.29, 1.82) is 0 Å². The molecule has 32 heavy (non-hydrogen) atoms. The molecule has 8 heteroatoms. The van der Waals surface area contributed by atoms with Crippen LogP contribution in [-0.4, -0.2) is 44.9 Å². The minimum Gasteiger partial charge on any atom is -0.495 e. The van der Waals surface area contributed by atoms with Gasteiger partial charge in [-0.3, -0.25) is 4.79 Å². The van der Waals surface area contributed by atoms with Crippen molar-refractivity contribution in [2.24, 2.45) is 0 Å². The highest BCUT2D eigenvalue weighted by atomic mass is 32.2. The average molecular weight is 459 g/mol. The number of hydrogen-bond donors (Lipinski definition) is 1. The summed E-state index contributed by atoms with van der Waals surface area (Å²) in [6.45, 7) is 2.70. The number of amides is 1. The SMILES string of the molecule is COc1ccc(S(=O)(=O)N2CCCC2)cc1NC(=O)C(C)Oc1ccc2c(c1)CCCC2. The number of carbonyl (C=O) groups excluding carboxylic acids is 1. The topological polar surface area (TPSA) is 84.9 Å². The summed E-state index contributed by atoms with van der Waals surface area (Å²) in [6.07, 6.45) is 5.45. The number of rotatable bonds is 7. The first kappa shape index (κ1) is 22.6. The lowest BCUT2D eigenvalue weighted by Crippen LogP contribution is -2.31. The fourth-order valence-electron chi connectivity index (χ4n) is 4.30. The standard InChI is InChI=1S/C24H30N2O5S/c1-17(31-20-10-9-18-7-3-4-8-19(18)15-20)24(27)25-22-16-21(11-12-23(22)30-2)32(28,29)26-13-5-6-14-26/h9-12,15-17H,3-8,13-14H2,1-2H3,(H,25,27). The van der Waals surface area contributed by atoms with Crippen molar-refractivity contribution in [2.45, 2.75) is 56.4 Å². The molecule has 2 aromatic carbocycles. The first-order valence-corrected chi connectivity index (χ1v) is 12.6. The van der Waals surface area contributed by atoms with Crippen LogP contribution in [0.2, 0.25) is 0 Å². The van der Waals surface area contributed by atoms with Crippen LogP contribution in [0.25, 0.3) is 0 Å². The van der Waals surface area contributed by atoms with Crippen LogP contribution in [0.5, 0.6) is 11.5 Å². The molecule has 1 amide bonds. The molecule has 1 fully saturated rings. The monoisotopic (exact) mass is 458 g/mol. The Morgan fingerprint density at radius 1 is 1.00 bits per heavy atom. The molecule has 0 saturated carbocycles. The van der Waals surface area contributed by atoms with E-state index in [0.717, 1.165) is 25.7 Å². The summed E-state index contributed by atoms with van der Waals surface area (Å²) in [5, 5.41) is 2.77. The first-order valence-electron chi connectivity index (χ1n) is 11.2. The zero-order valence-electron chi connectivity index (χ0n) is 18.6. The van der Waals surface area contributed by atoms with Crippen molar-refractivity contribution in [3.63, 3.8) is 0 Å². The fraction of sp³-hybridized carbons (Fsp3) is 0.458. The van der Waals surface area contributed by atoms with Gasteiger partial charge < -0.3 is 14.8 Å². The summed E-state index contributed by atoms with van der Waals surface area (Å²) in [5.74, 6) is 0.669. The lowest BCUT2D eigenvalue weighted by atomic mass is 9.92. The summed E-state index contributed by atoms with van der Waals surface area (Å²) in [5.41, 5.74) is 2.93. The van der Waals surface area contributed by atoms with Crippen molar-refractivity contribution in [2.75, 3.05) is 25.5 Å². The zero-order valence-corrected chi connectivity index (χ0v) is 19.4. The van der Waals surface area contributed by atoms with Gasteiger partial charge in [-0.05, 0) is 86.9 Å². The second kappa shape index (κ2) is 9.50. The van der Waals surface area contributed by atoms with Crippen molar-refractivity contribution in [3.05, 3.63) is 47.5 Å². The van der Waals surface area contributed by atoms with E-state index < -0.39 is 16.1 Å². The third-order valence-electron chi connectivity index (χ3n) is 6.13. The quantitative estimate of drug-likeness (QED) is 0.683. The summed E-state index contributed by atoms with van der Waals surface area (Å²) < 4.78 is 38.5. The Morgan fingerprint density at radius 3 is 2.44 bits per heavy atom. The summed E-state index contributed by atoms with van der Waals surface area (Å²) in [7, 11) is -2.13. The Labute approximate surface area is 189 Å². The Kier molecular flexibility index (Phi) is 6.71. The number of benzene rings is 2. The number of carbonyl (C=O) groups is 1. The second-order valence-electron chi connectivity index (χ2n) is 8.36. The van der Waals surface area contributed by atoms with Gasteiger partial charge in [-0.25, -0.2) is 8.42 Å². The fourth-order valence-corrected chi connectivity index (χ4v) is 5.84. The van der Waals surface area contributed by atoms with Crippen molar-refractivity contribution in [1.82, 2.24) is 4.31 Å². The molecule has 1 atom stereocenters. The average Bonchev–Trinajstić information content (AvgIpc) is 3.35. The lowest BCUT2D eigenvalue weighted by molar-refractivity contribution is -0.122. The number of fused-ring (bicyclic) bond motifs is 1. The molecule has 0 aromatic heterocycles. The minimum atomic E-state index is -3.60. The number of nitrogens with one attached hydrogen (secondary N) is 1. The Bertz CT molecular complexity index is 1090. The first-order chi connectivity index (χ1) is 15.4. The summed E-state index contributed by atoms with van der Waals surface area (Å²) in [4.78, 5) is 13.0. The molecule has 7 nitrogen and oxygen atoms in total. The predicted octanol–water partition coefficient (Wildman–Crippen LogP) is 3.76. The van der Waals surface area contributed by atoms with E-state index in [2.05, 4.69) is 11.4 Å². The molecule has 172 valence electrons. The molecule has 2 aromatic rings. The van der Waals surface area contributed by atoms with Crippen LogP contribution in [0, 0.1) is 0 Å². The third kappa shape index (κ3) is 4.76. The Morgan fingerprint density at radius 2 is 1.72 bits per heavy atom. The van der Waals surface area contributed by atoms with Gasteiger partial charge in [0.15, 0.2) is 6.10 Å². The van der Waals surface area contributed by atoms with Gasteiger partial charge in [-0.2, -0.15) is 4.31 Å². The number of aryl methyl sites for hydroxylation is 2. The van der Waals surface area contributed by atoms with E-state index in [1.54, 1.807) is 13.0 Å². The van der Waals surface area contributed by atoms with Crippen molar-refractivity contribution < 1.29 is 22.7 Å². The molecule has 1 saturated heterocycles. The molecule has 1 heterocycles. The normalized spacial score (nSPS) is 17.4. The molecule has 0 bridgehead atoms. The van der Waals surface area contributed by atoms with Crippen LogP contribution in [0.1, 0.15) is 43.7 Å². The van der Waals surface area contributed by atoms with Gasteiger partial charge in [0.05, 0.1) is 17.7 Å². The van der Waals surface area contributed by atoms with Crippen molar-refractivity contribution >= 4 is 21.6 Å². The predicted molar refractivity (Wildman–Crippen MR) is 123 cm³/mol. The van der Waals surface area contributed by atoms with E-state index in [9.17, 15) is 13.2 Å². The summed E-state index contributed by atoms with van der Waals surface area (Å²) >= 11 is 0. The van der Waals surface area contributed by atoms with Gasteiger partial charge in [0.1, 0.15) is 11.5 Å². The molecule has 1 aliphatic carbocycles. The molecule has 0 spiro atoms. The van der Waals surface area contributed by atoms with Gasteiger partial charge in [-0.15, -0.1) is 0 Å².